The number of amides is 3. The number of rotatable bonds is 7. The van der Waals surface area contributed by atoms with E-state index in [1.165, 1.54) is 24.4 Å². The molecule has 3 aromatic carbocycles. The van der Waals surface area contributed by atoms with Crippen molar-refractivity contribution in [1.29, 1.82) is 0 Å². The van der Waals surface area contributed by atoms with Gasteiger partial charge in [-0.1, -0.05) is 44.0 Å². The molecule has 0 spiro atoms. The summed E-state index contributed by atoms with van der Waals surface area (Å²) in [6.07, 6.45) is 1.25. The molecule has 0 aromatic heterocycles. The molecule has 3 rings (SSSR count). The Hall–Kier alpha value is -3.57. The molecule has 0 fully saturated rings. The molecule has 0 heterocycles. The van der Waals surface area contributed by atoms with Gasteiger partial charge in [0.05, 0.1) is 11.9 Å². The van der Waals surface area contributed by atoms with Crippen molar-refractivity contribution >= 4 is 67.2 Å². The number of hydrogen-bond acceptors (Lipinski definition) is 5. The molecule has 180 valence electrons. The van der Waals surface area contributed by atoms with Crippen molar-refractivity contribution in [3.63, 3.8) is 0 Å². The second-order valence-electron chi connectivity index (χ2n) is 7.12. The van der Waals surface area contributed by atoms with Crippen molar-refractivity contribution in [1.82, 2.24) is 5.43 Å². The number of benzene rings is 3. The molecule has 11 heteroatoms. The van der Waals surface area contributed by atoms with Crippen molar-refractivity contribution < 1.29 is 23.5 Å². The molecule has 0 aliphatic carbocycles. The minimum absolute atomic E-state index is 0.129. The highest BCUT2D eigenvalue weighted by Gasteiger charge is 2.15. The fraction of sp³-hybridized carbons (Fsp3) is 0.0833. The maximum absolute atomic E-state index is 13.6. The number of para-hydroxylation sites is 1. The average Bonchev–Trinajstić information content (AvgIpc) is 2.82. The van der Waals surface area contributed by atoms with Gasteiger partial charge < -0.3 is 15.4 Å². The number of carbonyl (C=O) groups excluding carboxylic acids is 3. The van der Waals surface area contributed by atoms with Crippen molar-refractivity contribution in [3.8, 4) is 5.75 Å². The molecule has 3 aromatic rings. The Morgan fingerprint density at radius 1 is 1.00 bits per heavy atom. The highest BCUT2D eigenvalue weighted by molar-refractivity contribution is 9.10. The first-order valence-electron chi connectivity index (χ1n) is 10.1. The van der Waals surface area contributed by atoms with Gasteiger partial charge in [0.15, 0.2) is 6.61 Å². The monoisotopic (exact) mass is 604 g/mol. The van der Waals surface area contributed by atoms with Crippen LogP contribution in [0.4, 0.5) is 15.8 Å². The molecule has 8 nitrogen and oxygen atoms in total. The SMILES string of the molecule is Cc1cc(NC(=O)COc2ccc(Br)cc2/C=N\NC(=O)C(=O)Nc2ccccc2F)ccc1Br. The number of nitrogens with one attached hydrogen (secondary N) is 3. The van der Waals surface area contributed by atoms with Crippen molar-refractivity contribution in [2.24, 2.45) is 5.10 Å². The van der Waals surface area contributed by atoms with Crippen molar-refractivity contribution in [2.75, 3.05) is 17.2 Å². The first-order chi connectivity index (χ1) is 16.7. The number of hydrazone groups is 1. The van der Waals surface area contributed by atoms with E-state index in [0.29, 0.717) is 21.5 Å². The van der Waals surface area contributed by atoms with Crippen molar-refractivity contribution in [3.05, 3.63) is 86.6 Å². The molecule has 0 bridgehead atoms. The first kappa shape index (κ1) is 26.0. The van der Waals surface area contributed by atoms with Gasteiger partial charge in [0.25, 0.3) is 5.91 Å². The summed E-state index contributed by atoms with van der Waals surface area (Å²) in [5.41, 5.74) is 3.97. The summed E-state index contributed by atoms with van der Waals surface area (Å²) in [5.74, 6) is -2.89. The maximum Gasteiger partial charge on any atom is 0.329 e. The molecule has 3 amide bonds. The molecule has 0 saturated carbocycles. The predicted molar refractivity (Wildman–Crippen MR) is 138 cm³/mol. The molecular weight excluding hydrogens is 587 g/mol. The number of carbonyl (C=O) groups is 3. The van der Waals surface area contributed by atoms with Crippen LogP contribution < -0.4 is 20.8 Å². The molecule has 3 N–H and O–H groups in total. The summed E-state index contributed by atoms with van der Waals surface area (Å²) in [6.45, 7) is 1.64. The van der Waals surface area contributed by atoms with E-state index < -0.39 is 17.6 Å². The van der Waals surface area contributed by atoms with E-state index in [0.717, 1.165) is 16.1 Å². The molecule has 0 unspecified atom stereocenters. The highest BCUT2D eigenvalue weighted by atomic mass is 79.9. The van der Waals surface area contributed by atoms with E-state index >= 15 is 0 Å². The Labute approximate surface area is 217 Å². The van der Waals surface area contributed by atoms with Crippen molar-refractivity contribution in [2.45, 2.75) is 6.92 Å². The summed E-state index contributed by atoms with van der Waals surface area (Å²) >= 11 is 6.74. The second-order valence-corrected chi connectivity index (χ2v) is 8.89. The Morgan fingerprint density at radius 2 is 1.77 bits per heavy atom. The zero-order valence-electron chi connectivity index (χ0n) is 18.3. The summed E-state index contributed by atoms with van der Waals surface area (Å²) in [5, 5.41) is 8.67. The highest BCUT2D eigenvalue weighted by Crippen LogP contribution is 2.23. The van der Waals surface area contributed by atoms with Crippen LogP contribution in [-0.2, 0) is 14.4 Å². The topological polar surface area (TPSA) is 109 Å². The fourth-order valence-electron chi connectivity index (χ4n) is 2.77. The van der Waals surface area contributed by atoms with Gasteiger partial charge in [-0.25, -0.2) is 9.82 Å². The third-order valence-corrected chi connectivity index (χ3v) is 5.85. The fourth-order valence-corrected chi connectivity index (χ4v) is 3.39. The third kappa shape index (κ3) is 7.72. The Kier molecular flexibility index (Phi) is 9.10. The van der Waals surface area contributed by atoms with Crippen LogP contribution in [0.5, 0.6) is 5.75 Å². The first-order valence-corrected chi connectivity index (χ1v) is 11.7. The zero-order chi connectivity index (χ0) is 25.4. The van der Waals surface area contributed by atoms with Crippen LogP contribution in [0, 0.1) is 12.7 Å². The molecule has 0 aliphatic heterocycles. The number of ether oxygens (including phenoxy) is 1. The molecule has 0 atom stereocenters. The Balaban J connectivity index is 1.58. The number of aryl methyl sites for hydroxylation is 1. The minimum Gasteiger partial charge on any atom is -0.483 e. The van der Waals surface area contributed by atoms with Gasteiger partial charge in [-0.3, -0.25) is 14.4 Å². The summed E-state index contributed by atoms with van der Waals surface area (Å²) in [4.78, 5) is 36.2. The number of hydrogen-bond donors (Lipinski definition) is 3. The average molecular weight is 606 g/mol. The van der Waals surface area contributed by atoms with Gasteiger partial charge >= 0.3 is 11.8 Å². The Morgan fingerprint density at radius 3 is 2.51 bits per heavy atom. The maximum atomic E-state index is 13.6. The molecule has 0 saturated heterocycles. The van der Waals surface area contributed by atoms with E-state index in [1.807, 2.05) is 19.1 Å². The number of anilines is 2. The predicted octanol–water partition coefficient (Wildman–Crippen LogP) is 4.77. The standard InChI is InChI=1S/C24H19Br2FN4O4/c1-14-10-17(7-8-18(14)26)29-22(32)13-35-21-9-6-16(25)11-15(21)12-28-31-24(34)23(33)30-20-5-3-2-4-19(20)27/h2-12H,13H2,1H3,(H,29,32)(H,30,33)(H,31,34)/b28-12-. The molecule has 0 radical (unpaired) electrons. The van der Waals surface area contributed by atoms with E-state index in [1.54, 1.807) is 24.3 Å². The lowest BCUT2D eigenvalue weighted by Crippen LogP contribution is -2.32. The summed E-state index contributed by atoms with van der Waals surface area (Å²) in [6, 6.07) is 15.9. The van der Waals surface area contributed by atoms with Crippen LogP contribution in [0.1, 0.15) is 11.1 Å². The van der Waals surface area contributed by atoms with E-state index in [9.17, 15) is 18.8 Å². The Bertz CT molecular complexity index is 1300. The number of nitrogens with zero attached hydrogens (tertiary/aromatic N) is 1. The lowest BCUT2D eigenvalue weighted by Gasteiger charge is -2.11. The van der Waals surface area contributed by atoms with Gasteiger partial charge in [-0.2, -0.15) is 5.10 Å². The summed E-state index contributed by atoms with van der Waals surface area (Å²) < 4.78 is 20.9. The van der Waals surface area contributed by atoms with Crippen LogP contribution in [0.15, 0.2) is 74.7 Å². The van der Waals surface area contributed by atoms with Crippen LogP contribution >= 0.6 is 31.9 Å². The van der Waals surface area contributed by atoms with Gasteiger partial charge in [0, 0.05) is 20.2 Å². The van der Waals surface area contributed by atoms with Gasteiger partial charge in [-0.15, -0.1) is 0 Å². The smallest absolute Gasteiger partial charge is 0.329 e. The van der Waals surface area contributed by atoms with Crippen LogP contribution in [-0.4, -0.2) is 30.5 Å². The minimum atomic E-state index is -1.09. The zero-order valence-corrected chi connectivity index (χ0v) is 21.4. The van der Waals surface area contributed by atoms with E-state index in [4.69, 9.17) is 4.74 Å². The number of halogens is 3. The van der Waals surface area contributed by atoms with Gasteiger partial charge in [-0.05, 0) is 61.0 Å². The van der Waals surface area contributed by atoms with Crippen LogP contribution in [0.2, 0.25) is 0 Å². The third-order valence-electron chi connectivity index (χ3n) is 4.47. The largest absolute Gasteiger partial charge is 0.483 e. The summed E-state index contributed by atoms with van der Waals surface area (Å²) in [7, 11) is 0. The lowest BCUT2D eigenvalue weighted by molar-refractivity contribution is -0.136. The normalized spacial score (nSPS) is 10.6. The second kappa shape index (κ2) is 12.2. The molecule has 35 heavy (non-hydrogen) atoms. The quantitative estimate of drug-likeness (QED) is 0.205. The van der Waals surface area contributed by atoms with Crippen LogP contribution in [0.25, 0.3) is 0 Å². The molecule has 0 aliphatic rings. The lowest BCUT2D eigenvalue weighted by atomic mass is 10.2. The van der Waals surface area contributed by atoms with Gasteiger partial charge in [0.2, 0.25) is 0 Å². The van der Waals surface area contributed by atoms with Crippen LogP contribution in [0.3, 0.4) is 0 Å². The van der Waals surface area contributed by atoms with Gasteiger partial charge in [0.1, 0.15) is 11.6 Å². The van der Waals surface area contributed by atoms with E-state index in [2.05, 4.69) is 53.0 Å². The molecular formula is C24H19Br2FN4O4. The van der Waals surface area contributed by atoms with E-state index in [-0.39, 0.29) is 18.2 Å².